The molecule has 0 saturated carbocycles. The molecule has 0 spiro atoms. The molecule has 2 aromatic heterocycles. The van der Waals surface area contributed by atoms with Crippen LogP contribution in [0.15, 0.2) is 19.6 Å². The van der Waals surface area contributed by atoms with E-state index in [0.29, 0.717) is 25.7 Å². The standard InChI is InChI=1S/C8H10BrNO2.C8H11NO2/c1-5(11)3-4-7-8(9)6(2)10-12-7;1-6-5-8(11-9-6)4-3-7(2)10/h3-4H2,1-2H3;5H,3-4H2,1-2H3. The molecule has 2 rings (SSSR count). The Morgan fingerprint density at radius 1 is 1.04 bits per heavy atom. The van der Waals surface area contributed by atoms with Crippen LogP contribution in [0, 0.1) is 13.8 Å². The molecular weight excluding hydrogens is 364 g/mol. The van der Waals surface area contributed by atoms with Gasteiger partial charge in [0.05, 0.1) is 15.9 Å². The predicted octanol–water partition coefficient (Wildman–Crippen LogP) is 3.77. The fourth-order valence-electron chi connectivity index (χ4n) is 1.68. The van der Waals surface area contributed by atoms with Gasteiger partial charge < -0.3 is 18.6 Å². The van der Waals surface area contributed by atoms with Gasteiger partial charge in [-0.05, 0) is 43.6 Å². The summed E-state index contributed by atoms with van der Waals surface area (Å²) in [6.45, 7) is 6.85. The Morgan fingerprint density at radius 2 is 1.65 bits per heavy atom. The van der Waals surface area contributed by atoms with E-state index in [1.54, 1.807) is 13.8 Å². The Balaban J connectivity index is 0.000000231. The summed E-state index contributed by atoms with van der Waals surface area (Å²) in [6, 6.07) is 1.85. The van der Waals surface area contributed by atoms with Crippen molar-refractivity contribution in [2.75, 3.05) is 0 Å². The van der Waals surface area contributed by atoms with E-state index in [1.165, 1.54) is 0 Å². The van der Waals surface area contributed by atoms with E-state index in [4.69, 9.17) is 9.05 Å². The first-order valence-electron chi connectivity index (χ1n) is 7.31. The van der Waals surface area contributed by atoms with E-state index >= 15 is 0 Å². The van der Waals surface area contributed by atoms with Gasteiger partial charge in [0.2, 0.25) is 0 Å². The monoisotopic (exact) mass is 384 g/mol. The minimum absolute atomic E-state index is 0.163. The molecule has 0 fully saturated rings. The zero-order valence-corrected chi connectivity index (χ0v) is 15.4. The Labute approximate surface area is 143 Å². The van der Waals surface area contributed by atoms with Gasteiger partial charge in [0, 0.05) is 31.7 Å². The summed E-state index contributed by atoms with van der Waals surface area (Å²) in [4.78, 5) is 21.2. The molecule has 0 aromatic carbocycles. The van der Waals surface area contributed by atoms with Crippen molar-refractivity contribution >= 4 is 27.5 Å². The summed E-state index contributed by atoms with van der Waals surface area (Å²) in [6.07, 6.45) is 2.33. The van der Waals surface area contributed by atoms with Gasteiger partial charge >= 0.3 is 0 Å². The summed E-state index contributed by atoms with van der Waals surface area (Å²) in [7, 11) is 0. The molecule has 23 heavy (non-hydrogen) atoms. The second-order valence-corrected chi connectivity index (χ2v) is 6.14. The largest absolute Gasteiger partial charge is 0.361 e. The molecule has 0 bridgehead atoms. The zero-order chi connectivity index (χ0) is 17.4. The fraction of sp³-hybridized carbons (Fsp3) is 0.500. The van der Waals surface area contributed by atoms with Gasteiger partial charge in [0.1, 0.15) is 17.3 Å². The molecule has 7 heteroatoms. The maximum atomic E-state index is 10.7. The van der Waals surface area contributed by atoms with Crippen LogP contribution in [0.3, 0.4) is 0 Å². The first-order valence-corrected chi connectivity index (χ1v) is 8.10. The summed E-state index contributed by atoms with van der Waals surface area (Å²) in [5, 5.41) is 7.47. The zero-order valence-electron chi connectivity index (χ0n) is 13.8. The number of hydrogen-bond acceptors (Lipinski definition) is 6. The van der Waals surface area contributed by atoms with Crippen LogP contribution in [0.1, 0.15) is 49.6 Å². The average molecular weight is 385 g/mol. The molecule has 0 aliphatic rings. The SMILES string of the molecule is CC(=O)CCc1cc(C)no1.CC(=O)CCc1onc(C)c1Br. The molecule has 0 unspecified atom stereocenters. The molecule has 0 saturated heterocycles. The minimum Gasteiger partial charge on any atom is -0.361 e. The molecule has 0 radical (unpaired) electrons. The molecule has 0 atom stereocenters. The number of carbonyl (C=O) groups is 2. The quantitative estimate of drug-likeness (QED) is 0.752. The highest BCUT2D eigenvalue weighted by atomic mass is 79.9. The molecule has 126 valence electrons. The van der Waals surface area contributed by atoms with E-state index in [-0.39, 0.29) is 11.6 Å². The number of Topliss-reactive ketones (excluding diaryl/α,β-unsaturated/α-hetero) is 2. The Hall–Kier alpha value is -1.76. The molecule has 0 aliphatic heterocycles. The summed E-state index contributed by atoms with van der Waals surface area (Å²) in [5.74, 6) is 1.88. The topological polar surface area (TPSA) is 86.2 Å². The second-order valence-electron chi connectivity index (χ2n) is 5.34. The van der Waals surface area contributed by atoms with Crippen molar-refractivity contribution in [2.45, 2.75) is 53.4 Å². The highest BCUT2D eigenvalue weighted by molar-refractivity contribution is 9.10. The number of ketones is 2. The van der Waals surface area contributed by atoms with Crippen LogP contribution in [-0.2, 0) is 22.4 Å². The fourth-order valence-corrected chi connectivity index (χ4v) is 2.03. The van der Waals surface area contributed by atoms with E-state index in [0.717, 1.165) is 27.4 Å². The lowest BCUT2D eigenvalue weighted by molar-refractivity contribution is -0.117. The first-order chi connectivity index (χ1) is 10.8. The van der Waals surface area contributed by atoms with Crippen LogP contribution in [-0.4, -0.2) is 21.9 Å². The third-order valence-corrected chi connectivity index (χ3v) is 3.98. The van der Waals surface area contributed by atoms with Gasteiger partial charge in [0.25, 0.3) is 0 Å². The summed E-state index contributed by atoms with van der Waals surface area (Å²) >= 11 is 3.33. The van der Waals surface area contributed by atoms with Crippen LogP contribution < -0.4 is 0 Å². The Kier molecular flexibility index (Phi) is 7.88. The van der Waals surface area contributed by atoms with Gasteiger partial charge in [-0.1, -0.05) is 10.3 Å². The molecule has 0 N–H and O–H groups in total. The van der Waals surface area contributed by atoms with Gasteiger partial charge in [-0.15, -0.1) is 0 Å². The third-order valence-electron chi connectivity index (χ3n) is 2.96. The first kappa shape index (κ1) is 19.3. The molecule has 2 heterocycles. The normalized spacial score (nSPS) is 10.1. The number of aryl methyl sites for hydroxylation is 4. The number of halogens is 1. The lowest BCUT2D eigenvalue weighted by Gasteiger charge is -1.91. The number of aromatic nitrogens is 2. The van der Waals surface area contributed by atoms with Crippen molar-refractivity contribution in [1.29, 1.82) is 0 Å². The van der Waals surface area contributed by atoms with E-state index in [1.807, 2.05) is 19.9 Å². The van der Waals surface area contributed by atoms with Crippen LogP contribution in [0.2, 0.25) is 0 Å². The van der Waals surface area contributed by atoms with Gasteiger partial charge in [0.15, 0.2) is 5.76 Å². The molecule has 0 amide bonds. The van der Waals surface area contributed by atoms with Gasteiger partial charge in [-0.25, -0.2) is 0 Å². The van der Waals surface area contributed by atoms with Crippen molar-refractivity contribution < 1.29 is 18.6 Å². The van der Waals surface area contributed by atoms with Gasteiger partial charge in [-0.2, -0.15) is 0 Å². The molecular formula is C16H21BrN2O4. The number of rotatable bonds is 6. The lowest BCUT2D eigenvalue weighted by atomic mass is 10.2. The van der Waals surface area contributed by atoms with E-state index < -0.39 is 0 Å². The predicted molar refractivity (Wildman–Crippen MR) is 88.2 cm³/mol. The highest BCUT2D eigenvalue weighted by Crippen LogP contribution is 2.21. The van der Waals surface area contributed by atoms with Crippen LogP contribution in [0.5, 0.6) is 0 Å². The van der Waals surface area contributed by atoms with Crippen LogP contribution >= 0.6 is 15.9 Å². The van der Waals surface area contributed by atoms with E-state index in [9.17, 15) is 9.59 Å². The van der Waals surface area contributed by atoms with Crippen molar-refractivity contribution in [2.24, 2.45) is 0 Å². The van der Waals surface area contributed by atoms with Crippen molar-refractivity contribution in [1.82, 2.24) is 10.3 Å². The Bertz CT molecular complexity index is 661. The molecule has 2 aromatic rings. The minimum atomic E-state index is 0.163. The summed E-state index contributed by atoms with van der Waals surface area (Å²) in [5.41, 5.74) is 1.69. The number of hydrogen-bond donors (Lipinski definition) is 0. The maximum absolute atomic E-state index is 10.7. The number of carbonyl (C=O) groups excluding carboxylic acids is 2. The smallest absolute Gasteiger partial charge is 0.151 e. The van der Waals surface area contributed by atoms with Crippen molar-refractivity contribution in [3.05, 3.63) is 33.4 Å². The molecule has 0 aliphatic carbocycles. The average Bonchev–Trinajstić information content (AvgIpc) is 3.03. The summed E-state index contributed by atoms with van der Waals surface area (Å²) < 4.78 is 10.8. The number of nitrogens with zero attached hydrogens (tertiary/aromatic N) is 2. The Morgan fingerprint density at radius 3 is 2.09 bits per heavy atom. The van der Waals surface area contributed by atoms with Crippen LogP contribution in [0.25, 0.3) is 0 Å². The van der Waals surface area contributed by atoms with Crippen molar-refractivity contribution in [3.8, 4) is 0 Å². The van der Waals surface area contributed by atoms with Gasteiger partial charge in [-0.3, -0.25) is 0 Å². The highest BCUT2D eigenvalue weighted by Gasteiger charge is 2.09. The maximum Gasteiger partial charge on any atom is 0.151 e. The van der Waals surface area contributed by atoms with Crippen LogP contribution in [0.4, 0.5) is 0 Å². The second kappa shape index (κ2) is 9.39. The van der Waals surface area contributed by atoms with Crippen molar-refractivity contribution in [3.63, 3.8) is 0 Å². The third kappa shape index (κ3) is 7.36. The van der Waals surface area contributed by atoms with E-state index in [2.05, 4.69) is 26.2 Å². The lowest BCUT2D eigenvalue weighted by Crippen LogP contribution is -1.93. The molecule has 6 nitrogen and oxygen atoms in total.